The number of halogens is 1. The number of Topliss-reactive ketones (excluding diaryl/α,β-unsaturated/α-hetero) is 1. The second-order valence-electron chi connectivity index (χ2n) is 6.52. The molecule has 0 heterocycles. The third kappa shape index (κ3) is 3.74. The van der Waals surface area contributed by atoms with Crippen LogP contribution in [-0.4, -0.2) is 5.78 Å². The molecule has 1 atom stereocenters. The highest BCUT2D eigenvalue weighted by Gasteiger charge is 2.32. The molecule has 21 heavy (non-hydrogen) atoms. The zero-order chi connectivity index (χ0) is 15.6. The lowest BCUT2D eigenvalue weighted by molar-refractivity contribution is -0.126. The molecule has 2 heteroatoms. The maximum Gasteiger partial charge on any atom is 0.150 e. The zero-order valence-corrected chi connectivity index (χ0v) is 13.7. The van der Waals surface area contributed by atoms with Crippen molar-refractivity contribution in [1.82, 2.24) is 0 Å². The van der Waals surface area contributed by atoms with E-state index < -0.39 is 5.41 Å². The van der Waals surface area contributed by atoms with E-state index in [1.807, 2.05) is 70.2 Å². The Hall–Kier alpha value is -1.60. The summed E-state index contributed by atoms with van der Waals surface area (Å²) >= 11 is 6.12. The Bertz CT molecular complexity index is 607. The van der Waals surface area contributed by atoms with E-state index in [2.05, 4.69) is 6.07 Å². The first-order valence-electron chi connectivity index (χ1n) is 7.15. The molecule has 0 spiro atoms. The second-order valence-corrected chi connectivity index (χ2v) is 6.95. The summed E-state index contributed by atoms with van der Waals surface area (Å²) in [5.41, 5.74) is 2.72. The standard InChI is InChI=1S/C19H21ClO/c1-13-7-5-8-14(11-13)17(18(21)19(2,3)4)15-9-6-10-16(20)12-15/h5-12,17H,1-4H3. The topological polar surface area (TPSA) is 17.1 Å². The molecule has 0 aliphatic heterocycles. The van der Waals surface area contributed by atoms with Crippen molar-refractivity contribution in [3.8, 4) is 0 Å². The van der Waals surface area contributed by atoms with Crippen molar-refractivity contribution < 1.29 is 4.79 Å². The number of hydrogen-bond acceptors (Lipinski definition) is 1. The smallest absolute Gasteiger partial charge is 0.150 e. The van der Waals surface area contributed by atoms with Crippen LogP contribution in [0.2, 0.25) is 5.02 Å². The van der Waals surface area contributed by atoms with Crippen molar-refractivity contribution in [3.05, 3.63) is 70.2 Å². The Balaban J connectivity index is 2.57. The third-order valence-electron chi connectivity index (χ3n) is 3.56. The van der Waals surface area contributed by atoms with Gasteiger partial charge in [-0.15, -0.1) is 0 Å². The van der Waals surface area contributed by atoms with E-state index in [0.717, 1.165) is 16.7 Å². The number of ketones is 1. The van der Waals surface area contributed by atoms with Crippen LogP contribution in [-0.2, 0) is 4.79 Å². The van der Waals surface area contributed by atoms with Gasteiger partial charge in [0.1, 0.15) is 5.78 Å². The van der Waals surface area contributed by atoms with Gasteiger partial charge in [0, 0.05) is 10.4 Å². The summed E-state index contributed by atoms with van der Waals surface area (Å²) in [6.45, 7) is 7.92. The van der Waals surface area contributed by atoms with Crippen molar-refractivity contribution in [2.75, 3.05) is 0 Å². The molecule has 1 unspecified atom stereocenters. The fourth-order valence-corrected chi connectivity index (χ4v) is 2.66. The Morgan fingerprint density at radius 3 is 2.10 bits per heavy atom. The predicted octanol–water partition coefficient (Wildman–Crippen LogP) is 5.40. The highest BCUT2D eigenvalue weighted by Crippen LogP contribution is 2.34. The SMILES string of the molecule is Cc1cccc(C(C(=O)C(C)(C)C)c2cccc(Cl)c2)c1. The molecular formula is C19H21ClO. The molecular weight excluding hydrogens is 280 g/mol. The third-order valence-corrected chi connectivity index (χ3v) is 3.79. The first-order chi connectivity index (χ1) is 9.79. The molecule has 0 saturated heterocycles. The number of benzene rings is 2. The lowest BCUT2D eigenvalue weighted by Crippen LogP contribution is -2.27. The van der Waals surface area contributed by atoms with Gasteiger partial charge in [-0.05, 0) is 30.2 Å². The highest BCUT2D eigenvalue weighted by atomic mass is 35.5. The number of carbonyl (C=O) groups excluding carboxylic acids is 1. The van der Waals surface area contributed by atoms with E-state index in [4.69, 9.17) is 11.6 Å². The molecule has 1 nitrogen and oxygen atoms in total. The van der Waals surface area contributed by atoms with Gasteiger partial charge in [-0.3, -0.25) is 4.79 Å². The predicted molar refractivity (Wildman–Crippen MR) is 88.9 cm³/mol. The number of rotatable bonds is 3. The minimum atomic E-state index is -0.406. The van der Waals surface area contributed by atoms with E-state index >= 15 is 0 Å². The molecule has 2 aromatic carbocycles. The van der Waals surface area contributed by atoms with E-state index in [1.165, 1.54) is 0 Å². The molecule has 0 aliphatic rings. The van der Waals surface area contributed by atoms with Crippen LogP contribution in [0.4, 0.5) is 0 Å². The molecule has 0 amide bonds. The lowest BCUT2D eigenvalue weighted by atomic mass is 9.76. The summed E-state index contributed by atoms with van der Waals surface area (Å²) < 4.78 is 0. The van der Waals surface area contributed by atoms with Crippen LogP contribution in [0.15, 0.2) is 48.5 Å². The summed E-state index contributed by atoms with van der Waals surface area (Å²) in [7, 11) is 0. The van der Waals surface area contributed by atoms with Crippen LogP contribution in [0.25, 0.3) is 0 Å². The fourth-order valence-electron chi connectivity index (χ4n) is 2.46. The molecule has 0 aromatic heterocycles. The average molecular weight is 301 g/mol. The summed E-state index contributed by atoms with van der Waals surface area (Å²) in [4.78, 5) is 12.9. The van der Waals surface area contributed by atoms with E-state index in [9.17, 15) is 4.79 Å². The largest absolute Gasteiger partial charge is 0.298 e. The Kier molecular flexibility index (Phi) is 4.53. The van der Waals surface area contributed by atoms with Crippen molar-refractivity contribution in [2.45, 2.75) is 33.6 Å². The first-order valence-corrected chi connectivity index (χ1v) is 7.53. The van der Waals surface area contributed by atoms with Crippen molar-refractivity contribution >= 4 is 17.4 Å². The zero-order valence-electron chi connectivity index (χ0n) is 13.0. The van der Waals surface area contributed by atoms with Gasteiger partial charge in [0.05, 0.1) is 5.92 Å². The van der Waals surface area contributed by atoms with Gasteiger partial charge < -0.3 is 0 Å². The maximum atomic E-state index is 12.9. The molecule has 2 rings (SSSR count). The number of hydrogen-bond donors (Lipinski definition) is 0. The summed E-state index contributed by atoms with van der Waals surface area (Å²) in [6, 6.07) is 15.7. The fraction of sp³-hybridized carbons (Fsp3) is 0.316. The lowest BCUT2D eigenvalue weighted by Gasteiger charge is -2.26. The van der Waals surface area contributed by atoms with Crippen LogP contribution < -0.4 is 0 Å². The molecule has 0 bridgehead atoms. The molecule has 0 radical (unpaired) electrons. The Labute approximate surface area is 132 Å². The van der Waals surface area contributed by atoms with E-state index in [0.29, 0.717) is 5.02 Å². The minimum absolute atomic E-state index is 0.204. The van der Waals surface area contributed by atoms with E-state index in [-0.39, 0.29) is 11.7 Å². The molecule has 0 aliphatic carbocycles. The quantitative estimate of drug-likeness (QED) is 0.742. The van der Waals surface area contributed by atoms with Crippen molar-refractivity contribution in [1.29, 1.82) is 0 Å². The molecule has 0 saturated carbocycles. The minimum Gasteiger partial charge on any atom is -0.298 e. The van der Waals surface area contributed by atoms with Gasteiger partial charge in [-0.2, -0.15) is 0 Å². The summed E-state index contributed by atoms with van der Waals surface area (Å²) in [5, 5.41) is 0.659. The van der Waals surface area contributed by atoms with Gasteiger partial charge in [-0.25, -0.2) is 0 Å². The van der Waals surface area contributed by atoms with Crippen molar-refractivity contribution in [2.24, 2.45) is 5.41 Å². The maximum absolute atomic E-state index is 12.9. The van der Waals surface area contributed by atoms with Gasteiger partial charge in [0.25, 0.3) is 0 Å². The van der Waals surface area contributed by atoms with Crippen LogP contribution in [0.5, 0.6) is 0 Å². The average Bonchev–Trinajstić information content (AvgIpc) is 2.38. The second kappa shape index (κ2) is 6.03. The molecule has 2 aromatic rings. The van der Waals surface area contributed by atoms with Crippen LogP contribution in [0, 0.1) is 12.3 Å². The number of aryl methyl sites for hydroxylation is 1. The van der Waals surface area contributed by atoms with Crippen molar-refractivity contribution in [3.63, 3.8) is 0 Å². The van der Waals surface area contributed by atoms with E-state index in [1.54, 1.807) is 0 Å². The Morgan fingerprint density at radius 2 is 1.57 bits per heavy atom. The van der Waals surface area contributed by atoms with Gasteiger partial charge in [-0.1, -0.05) is 74.3 Å². The van der Waals surface area contributed by atoms with Gasteiger partial charge in [0.2, 0.25) is 0 Å². The summed E-state index contributed by atoms with van der Waals surface area (Å²) in [6.07, 6.45) is 0. The first kappa shape index (κ1) is 15.8. The highest BCUT2D eigenvalue weighted by molar-refractivity contribution is 6.30. The van der Waals surface area contributed by atoms with Gasteiger partial charge in [0.15, 0.2) is 0 Å². The van der Waals surface area contributed by atoms with Gasteiger partial charge >= 0.3 is 0 Å². The van der Waals surface area contributed by atoms with Crippen LogP contribution in [0.3, 0.4) is 0 Å². The molecule has 110 valence electrons. The molecule has 0 N–H and O–H groups in total. The monoisotopic (exact) mass is 300 g/mol. The Morgan fingerprint density at radius 1 is 1.00 bits per heavy atom. The van der Waals surface area contributed by atoms with Crippen LogP contribution in [0.1, 0.15) is 43.4 Å². The molecule has 0 fully saturated rings. The normalized spacial score (nSPS) is 13.0. The van der Waals surface area contributed by atoms with Crippen LogP contribution >= 0.6 is 11.6 Å². The summed E-state index contributed by atoms with van der Waals surface area (Å²) in [5.74, 6) is -0.0704. The number of carbonyl (C=O) groups is 1.